The normalized spacial score (nSPS) is 17.8. The second kappa shape index (κ2) is 39.1. The molecule has 0 saturated heterocycles. The molecule has 1 N–H and O–H groups in total. The van der Waals surface area contributed by atoms with Crippen molar-refractivity contribution >= 4 is 53.3 Å². The molecule has 0 aromatic heterocycles. The molecule has 0 aliphatic carbocycles. The lowest BCUT2D eigenvalue weighted by molar-refractivity contribution is -0.164. The number of carbonyl (C=O) groups is 2. The molecule has 0 aliphatic rings. The summed E-state index contributed by atoms with van der Waals surface area (Å²) in [4.78, 5) is 30.6. The number of aliphatic hydroxyl groups is 1. The lowest BCUT2D eigenvalue weighted by Crippen LogP contribution is -2.57. The van der Waals surface area contributed by atoms with Crippen molar-refractivity contribution in [2.45, 2.75) is 299 Å². The van der Waals surface area contributed by atoms with E-state index in [0.717, 1.165) is 51.7 Å². The molecule has 17 heteroatoms. The lowest BCUT2D eigenvalue weighted by atomic mass is 9.74. The van der Waals surface area contributed by atoms with Crippen LogP contribution >= 0.6 is 0 Å². The number of ketones is 1. The van der Waals surface area contributed by atoms with Crippen LogP contribution < -0.4 is 4.74 Å². The minimum atomic E-state index is -2.69. The number of methoxy groups -OCH3 is 2. The van der Waals surface area contributed by atoms with Gasteiger partial charge in [0.25, 0.3) is 0 Å². The molecular weight excluding hydrogens is 1370 g/mol. The van der Waals surface area contributed by atoms with Crippen LogP contribution in [0.3, 0.4) is 0 Å². The molecule has 0 spiro atoms. The van der Waals surface area contributed by atoms with E-state index in [4.69, 9.17) is 41.1 Å². The maximum Gasteiger partial charge on any atom is 0.337 e. The van der Waals surface area contributed by atoms with Crippen LogP contribution in [0.15, 0.2) is 133 Å². The van der Waals surface area contributed by atoms with Crippen molar-refractivity contribution < 1.29 is 55.8 Å². The molecule has 0 saturated carbocycles. The molecule has 0 aliphatic heterocycles. The van der Waals surface area contributed by atoms with Gasteiger partial charge in [0.1, 0.15) is 23.7 Å². The fourth-order valence-corrected chi connectivity index (χ4v) is 21.7. The van der Waals surface area contributed by atoms with Crippen LogP contribution in [0, 0.1) is 41.4 Å². The quantitative estimate of drug-likeness (QED) is 0.0250. The zero-order chi connectivity index (χ0) is 78.9. The highest BCUT2D eigenvalue weighted by atomic mass is 28.4. The van der Waals surface area contributed by atoms with E-state index < -0.39 is 119 Å². The van der Waals surface area contributed by atoms with E-state index >= 15 is 4.79 Å². The fraction of sp³-hybridized carbons (Fsp3) is 0.674. The first-order chi connectivity index (χ1) is 47.4. The van der Waals surface area contributed by atoms with E-state index in [1.54, 1.807) is 20.3 Å². The number of rotatable bonds is 42. The van der Waals surface area contributed by atoms with E-state index in [1.807, 2.05) is 31.2 Å². The van der Waals surface area contributed by atoms with Gasteiger partial charge in [-0.15, -0.1) is 0 Å². The first-order valence-electron chi connectivity index (χ1n) is 38.7. The number of benzene rings is 3. The SMILES string of the molecule is C=CCOC(=O)[C@H](O[Si](C)(C)C(C)(C)C)[C@@H](OC)[C@H](C)[C@@H](O[Si](CC)(CC)CC)[C@H](C)[C@@H](O[Si](C)(C)C(C)(C)C)/C(C)=C/[C@H](C)C(=O)C[C@@H](O[Si](C)(C)C(C)(C)C)[C@H](C)[C@H](CO)[C@@H](COC(c1ccccc1)(c1ccccc1)c1ccc(OC)cc1)[C@@H](O[Si](C)(C)C(C)(C)C)/C(C)=C/[C@@H](C)/C=C\C. The van der Waals surface area contributed by atoms with Crippen LogP contribution in [0.25, 0.3) is 0 Å². The largest absolute Gasteiger partial charge is 0.497 e. The van der Waals surface area contributed by atoms with Gasteiger partial charge in [0.05, 0.1) is 44.2 Å². The van der Waals surface area contributed by atoms with E-state index in [2.05, 4.69) is 296 Å². The lowest BCUT2D eigenvalue weighted by Gasteiger charge is -2.48. The maximum absolute atomic E-state index is 16.0. The molecule has 0 amide bonds. The smallest absolute Gasteiger partial charge is 0.337 e. The highest BCUT2D eigenvalue weighted by Gasteiger charge is 2.53. The van der Waals surface area contributed by atoms with E-state index in [1.165, 1.54) is 0 Å². The Labute approximate surface area is 634 Å². The number of allylic oxidation sites excluding steroid dienone is 4. The van der Waals surface area contributed by atoms with Crippen molar-refractivity contribution in [3.05, 3.63) is 150 Å². The Balaban J connectivity index is 2.55. The van der Waals surface area contributed by atoms with Crippen LogP contribution in [0.1, 0.15) is 182 Å². The first kappa shape index (κ1) is 93.5. The van der Waals surface area contributed by atoms with Crippen molar-refractivity contribution in [1.82, 2.24) is 0 Å². The summed E-state index contributed by atoms with van der Waals surface area (Å²) in [5.74, 6) is -2.37. The van der Waals surface area contributed by atoms with Crippen molar-refractivity contribution in [3.8, 4) is 5.75 Å². The van der Waals surface area contributed by atoms with Gasteiger partial charge in [0, 0.05) is 43.8 Å². The summed E-state index contributed by atoms with van der Waals surface area (Å²) in [5, 5.41) is 11.9. The molecule has 0 unspecified atom stereocenters. The minimum absolute atomic E-state index is 0.0220. The standard InChI is InChI=1S/C86H148O12Si5/c1-35-46-61(6)56-63(8)77(96-101(31,32)84(19,20)21)73(60-93-86(68-47-42-40-43-48-68,69-49-44-41-45-50-69)70-51-53-71(90-25)54-52-70)72(59-87)65(10)75(94-99(27,28)82(13,14)15)58-74(88)62(7)57-64(9)76(95-100(29,30)83(16,17)18)66(11)78(98-103(37-3,38-4)39-5)67(12)79(91-26)80(81(89)92-55-36-2)97-102(33,34)85(22,23)24/h35-36,40-54,56-57,61-62,65-67,72-73,75-80,87H,2,37-39,55,58-60H2,1,3-34H3/b46-35-,63-56+,64-57+/t61-,62-,65+,66+,67+,72-,73+,75+,76-,77-,78-,79-,80+/m0/s1. The molecule has 103 heavy (non-hydrogen) atoms. The van der Waals surface area contributed by atoms with E-state index in [9.17, 15) is 9.90 Å². The molecule has 3 aromatic rings. The Morgan fingerprint density at radius 2 is 0.961 bits per heavy atom. The maximum atomic E-state index is 16.0. The van der Waals surface area contributed by atoms with Gasteiger partial charge in [-0.1, -0.05) is 248 Å². The summed E-state index contributed by atoms with van der Waals surface area (Å²) in [7, 11) is -9.63. The molecule has 0 radical (unpaired) electrons. The van der Waals surface area contributed by atoms with Crippen LogP contribution in [0.4, 0.5) is 0 Å². The highest BCUT2D eigenvalue weighted by molar-refractivity contribution is 6.75. The Morgan fingerprint density at radius 3 is 1.37 bits per heavy atom. The van der Waals surface area contributed by atoms with Crippen LogP contribution in [0.5, 0.6) is 5.75 Å². The van der Waals surface area contributed by atoms with Crippen LogP contribution in [-0.2, 0) is 51.5 Å². The number of Topliss-reactive ketones (excluding diaryl/α,β-unsaturated/α-hetero) is 1. The fourth-order valence-electron chi connectivity index (χ4n) is 13.3. The van der Waals surface area contributed by atoms with Crippen molar-refractivity contribution in [2.24, 2.45) is 41.4 Å². The molecule has 584 valence electrons. The minimum Gasteiger partial charge on any atom is -0.497 e. The van der Waals surface area contributed by atoms with Crippen molar-refractivity contribution in [1.29, 1.82) is 0 Å². The molecule has 0 fully saturated rings. The van der Waals surface area contributed by atoms with Gasteiger partial charge in [-0.3, -0.25) is 4.79 Å². The summed E-state index contributed by atoms with van der Waals surface area (Å²) >= 11 is 0. The second-order valence-electron chi connectivity index (χ2n) is 36.0. The predicted molar refractivity (Wildman–Crippen MR) is 446 cm³/mol. The molecule has 13 atom stereocenters. The third-order valence-electron chi connectivity index (χ3n) is 24.5. The van der Waals surface area contributed by atoms with Gasteiger partial charge >= 0.3 is 5.97 Å². The summed E-state index contributed by atoms with van der Waals surface area (Å²) in [6.07, 6.45) is 6.45. The van der Waals surface area contributed by atoms with E-state index in [-0.39, 0.29) is 64.0 Å². The average molecular weight is 1510 g/mol. The van der Waals surface area contributed by atoms with Crippen molar-refractivity contribution in [3.63, 3.8) is 0 Å². The first-order valence-corrected chi connectivity index (χ1v) is 52.8. The molecule has 0 bridgehead atoms. The third-order valence-corrected chi connectivity index (χ3v) is 47.0. The van der Waals surface area contributed by atoms with E-state index in [0.29, 0.717) is 0 Å². The summed E-state index contributed by atoms with van der Waals surface area (Å²) < 4.78 is 64.6. The highest BCUT2D eigenvalue weighted by Crippen LogP contribution is 2.49. The van der Waals surface area contributed by atoms with Crippen LogP contribution in [0.2, 0.25) is 90.7 Å². The number of ether oxygens (including phenoxy) is 4. The second-order valence-corrected chi connectivity index (χ2v) is 59.7. The van der Waals surface area contributed by atoms with Gasteiger partial charge in [0.15, 0.2) is 47.7 Å². The average Bonchev–Trinajstić information content (AvgIpc) is 0.760. The summed E-state index contributed by atoms with van der Waals surface area (Å²) in [5.41, 5.74) is 3.64. The number of hydrogen-bond acceptors (Lipinski definition) is 12. The topological polar surface area (TPSA) is 137 Å². The van der Waals surface area contributed by atoms with Gasteiger partial charge < -0.3 is 46.2 Å². The Kier molecular flexibility index (Phi) is 35.5. The Hall–Kier alpha value is -3.68. The number of esters is 1. The molecule has 0 heterocycles. The zero-order valence-electron chi connectivity index (χ0n) is 71.1. The van der Waals surface area contributed by atoms with Gasteiger partial charge in [-0.2, -0.15) is 0 Å². The number of hydrogen-bond donors (Lipinski definition) is 1. The molecular formula is C86H148O12Si5. The van der Waals surface area contributed by atoms with Crippen LogP contribution in [-0.4, -0.2) is 129 Å². The van der Waals surface area contributed by atoms with Gasteiger partial charge in [-0.25, -0.2) is 4.79 Å². The molecule has 3 rings (SSSR count). The number of carbonyl (C=O) groups excluding carboxylic acids is 2. The Morgan fingerprint density at radius 1 is 0.534 bits per heavy atom. The van der Waals surface area contributed by atoms with Gasteiger partial charge in [-0.05, 0) is 169 Å². The Bertz CT molecular complexity index is 3100. The third kappa shape index (κ3) is 24.4. The predicted octanol–water partition coefficient (Wildman–Crippen LogP) is 22.5. The molecule has 3 aromatic carbocycles. The summed E-state index contributed by atoms with van der Waals surface area (Å²) in [6, 6.07) is 31.7. The summed E-state index contributed by atoms with van der Waals surface area (Å²) in [6.45, 7) is 72.6. The zero-order valence-corrected chi connectivity index (χ0v) is 76.1. The van der Waals surface area contributed by atoms with Crippen molar-refractivity contribution in [2.75, 3.05) is 34.0 Å². The molecule has 12 nitrogen and oxygen atoms in total. The number of aliphatic hydroxyl groups excluding tert-OH is 1. The van der Waals surface area contributed by atoms with Gasteiger partial charge in [0.2, 0.25) is 0 Å². The monoisotopic (exact) mass is 1510 g/mol.